The third kappa shape index (κ3) is 2.84. The van der Waals surface area contributed by atoms with E-state index >= 15 is 0 Å². The number of aryl methyl sites for hydroxylation is 1. The number of anilines is 1. The first-order chi connectivity index (χ1) is 9.54. The number of hydrogen-bond acceptors (Lipinski definition) is 4. The Hall–Kier alpha value is -0.284. The molecule has 2 heterocycles. The maximum Gasteiger partial charge on any atom is 1.00 e. The molecule has 1 N–H and O–H groups in total. The summed E-state index contributed by atoms with van der Waals surface area (Å²) >= 11 is 0. The SMILES string of the molecule is Cc1ccc2c(c1)C1(OCCCO1)C(=O)N2CC(=O)O.[K+]. The minimum Gasteiger partial charge on any atom is -0.480 e. The Bertz CT molecular complexity index is 583. The molecule has 1 spiro atoms. The standard InChI is InChI=1S/C14H15NO5.K/c1-9-3-4-11-10(7-9)14(19-5-2-6-20-14)13(18)15(11)8-12(16)17;/h3-4,7H,2,5-6,8H2,1H3,(H,16,17);/q;+1. The van der Waals surface area contributed by atoms with Crippen LogP contribution in [0.4, 0.5) is 5.69 Å². The second-order valence-corrected chi connectivity index (χ2v) is 4.97. The maximum absolute atomic E-state index is 12.6. The van der Waals surface area contributed by atoms with Gasteiger partial charge in [-0.1, -0.05) is 11.6 Å². The molecule has 106 valence electrons. The zero-order chi connectivity index (χ0) is 14.3. The van der Waals surface area contributed by atoms with Crippen LogP contribution in [0.15, 0.2) is 18.2 Å². The van der Waals surface area contributed by atoms with Crippen molar-refractivity contribution in [1.82, 2.24) is 0 Å². The number of nitrogens with zero attached hydrogens (tertiary/aromatic N) is 1. The van der Waals surface area contributed by atoms with Crippen LogP contribution in [0.3, 0.4) is 0 Å². The molecular formula is C14H15KNO5+. The monoisotopic (exact) mass is 316 g/mol. The van der Waals surface area contributed by atoms with Gasteiger partial charge in [-0.15, -0.1) is 0 Å². The Morgan fingerprint density at radius 1 is 1.38 bits per heavy atom. The first-order valence-corrected chi connectivity index (χ1v) is 6.47. The number of fused-ring (bicyclic) bond motifs is 2. The zero-order valence-corrected chi connectivity index (χ0v) is 15.2. The van der Waals surface area contributed by atoms with Gasteiger partial charge in [0.15, 0.2) is 0 Å². The number of hydrogen-bond donors (Lipinski definition) is 1. The molecule has 0 aliphatic carbocycles. The van der Waals surface area contributed by atoms with E-state index in [4.69, 9.17) is 14.6 Å². The predicted molar refractivity (Wildman–Crippen MR) is 69.4 cm³/mol. The number of carboxylic acids is 1. The molecule has 1 amide bonds. The van der Waals surface area contributed by atoms with Crippen LogP contribution in [0.5, 0.6) is 0 Å². The second-order valence-electron chi connectivity index (χ2n) is 4.97. The van der Waals surface area contributed by atoms with Gasteiger partial charge in [0, 0.05) is 5.56 Å². The third-order valence-corrected chi connectivity index (χ3v) is 3.52. The van der Waals surface area contributed by atoms with E-state index in [2.05, 4.69) is 0 Å². The second kappa shape index (κ2) is 6.45. The molecule has 0 unspecified atom stereocenters. The molecular weight excluding hydrogens is 301 g/mol. The average Bonchev–Trinajstić information content (AvgIpc) is 2.63. The summed E-state index contributed by atoms with van der Waals surface area (Å²) in [4.78, 5) is 24.8. The third-order valence-electron chi connectivity index (χ3n) is 3.52. The minimum absolute atomic E-state index is 0. The van der Waals surface area contributed by atoms with Crippen molar-refractivity contribution in [2.75, 3.05) is 24.7 Å². The van der Waals surface area contributed by atoms with Crippen molar-refractivity contribution in [3.8, 4) is 0 Å². The van der Waals surface area contributed by atoms with E-state index in [0.29, 0.717) is 24.5 Å². The van der Waals surface area contributed by atoms with Crippen molar-refractivity contribution >= 4 is 17.6 Å². The summed E-state index contributed by atoms with van der Waals surface area (Å²) in [6.45, 7) is 2.34. The summed E-state index contributed by atoms with van der Waals surface area (Å²) in [7, 11) is 0. The molecule has 1 aromatic carbocycles. The Labute approximate surface area is 164 Å². The average molecular weight is 316 g/mol. The normalized spacial score (nSPS) is 19.3. The van der Waals surface area contributed by atoms with Crippen LogP contribution < -0.4 is 56.3 Å². The molecule has 1 aromatic rings. The zero-order valence-electron chi connectivity index (χ0n) is 12.1. The van der Waals surface area contributed by atoms with Crippen LogP contribution >= 0.6 is 0 Å². The molecule has 0 aromatic heterocycles. The van der Waals surface area contributed by atoms with E-state index in [0.717, 1.165) is 12.0 Å². The Kier molecular flexibility index (Phi) is 5.25. The molecule has 0 atom stereocenters. The Morgan fingerprint density at radius 3 is 2.67 bits per heavy atom. The van der Waals surface area contributed by atoms with E-state index in [1.807, 2.05) is 19.1 Å². The van der Waals surface area contributed by atoms with E-state index in [1.54, 1.807) is 6.07 Å². The van der Waals surface area contributed by atoms with Gasteiger partial charge in [-0.2, -0.15) is 0 Å². The van der Waals surface area contributed by atoms with E-state index in [9.17, 15) is 9.59 Å². The molecule has 0 radical (unpaired) electrons. The van der Waals surface area contributed by atoms with Crippen molar-refractivity contribution in [2.24, 2.45) is 0 Å². The molecule has 1 saturated heterocycles. The maximum atomic E-state index is 12.6. The van der Waals surface area contributed by atoms with Crippen molar-refractivity contribution < 1.29 is 75.6 Å². The predicted octanol–water partition coefficient (Wildman–Crippen LogP) is -1.98. The topological polar surface area (TPSA) is 76.1 Å². The van der Waals surface area contributed by atoms with Crippen molar-refractivity contribution in [3.05, 3.63) is 29.3 Å². The van der Waals surface area contributed by atoms with Crippen LogP contribution in [-0.2, 0) is 24.8 Å². The fraction of sp³-hybridized carbons (Fsp3) is 0.429. The number of ether oxygens (including phenoxy) is 2. The molecule has 3 rings (SSSR count). The molecule has 0 bridgehead atoms. The number of carbonyl (C=O) groups is 2. The number of carbonyl (C=O) groups excluding carboxylic acids is 1. The van der Waals surface area contributed by atoms with Crippen LogP contribution in [0, 0.1) is 6.92 Å². The first kappa shape index (κ1) is 17.1. The summed E-state index contributed by atoms with van der Waals surface area (Å²) in [5.41, 5.74) is 2.11. The van der Waals surface area contributed by atoms with Gasteiger partial charge in [0.2, 0.25) is 0 Å². The van der Waals surface area contributed by atoms with Gasteiger partial charge in [-0.05, 0) is 25.5 Å². The quantitative estimate of drug-likeness (QED) is 0.640. The van der Waals surface area contributed by atoms with Gasteiger partial charge < -0.3 is 14.6 Å². The van der Waals surface area contributed by atoms with Crippen LogP contribution in [0.1, 0.15) is 17.5 Å². The van der Waals surface area contributed by atoms with E-state index in [1.165, 1.54) is 4.90 Å². The van der Waals surface area contributed by atoms with Crippen LogP contribution in [-0.4, -0.2) is 36.7 Å². The van der Waals surface area contributed by atoms with Gasteiger partial charge in [-0.25, -0.2) is 0 Å². The smallest absolute Gasteiger partial charge is 0.480 e. The van der Waals surface area contributed by atoms with Gasteiger partial charge in [0.1, 0.15) is 6.54 Å². The molecule has 0 saturated carbocycles. The van der Waals surface area contributed by atoms with Crippen molar-refractivity contribution in [2.45, 2.75) is 19.1 Å². The molecule has 1 fully saturated rings. The number of benzene rings is 1. The number of carboxylic acid groups (broad SMARTS) is 1. The number of rotatable bonds is 2. The van der Waals surface area contributed by atoms with Crippen molar-refractivity contribution in [3.63, 3.8) is 0 Å². The van der Waals surface area contributed by atoms with E-state index in [-0.39, 0.29) is 51.4 Å². The number of aliphatic carboxylic acids is 1. The van der Waals surface area contributed by atoms with Gasteiger partial charge >= 0.3 is 57.4 Å². The molecule has 2 aliphatic heterocycles. The minimum atomic E-state index is -1.46. The van der Waals surface area contributed by atoms with Gasteiger partial charge in [0.05, 0.1) is 18.9 Å². The Morgan fingerprint density at radius 2 is 2.05 bits per heavy atom. The number of amides is 1. The van der Waals surface area contributed by atoms with Crippen molar-refractivity contribution in [1.29, 1.82) is 0 Å². The molecule has 7 heteroatoms. The first-order valence-electron chi connectivity index (χ1n) is 6.47. The van der Waals surface area contributed by atoms with E-state index < -0.39 is 24.2 Å². The van der Waals surface area contributed by atoms with Gasteiger partial charge in [-0.3, -0.25) is 14.5 Å². The fourth-order valence-corrected chi connectivity index (χ4v) is 2.65. The van der Waals surface area contributed by atoms with Crippen LogP contribution in [0.2, 0.25) is 0 Å². The Balaban J connectivity index is 0.00000161. The fourth-order valence-electron chi connectivity index (χ4n) is 2.65. The summed E-state index contributed by atoms with van der Waals surface area (Å²) in [5.74, 6) is -2.99. The molecule has 6 nitrogen and oxygen atoms in total. The summed E-state index contributed by atoms with van der Waals surface area (Å²) in [6, 6.07) is 5.39. The molecule has 2 aliphatic rings. The summed E-state index contributed by atoms with van der Waals surface area (Å²) < 4.78 is 11.3. The van der Waals surface area contributed by atoms with Gasteiger partial charge in [0.25, 0.3) is 11.7 Å². The van der Waals surface area contributed by atoms with Crippen LogP contribution in [0.25, 0.3) is 0 Å². The molecule has 21 heavy (non-hydrogen) atoms. The summed E-state index contributed by atoms with van der Waals surface area (Å²) in [5, 5.41) is 8.98. The largest absolute Gasteiger partial charge is 1.00 e. The summed E-state index contributed by atoms with van der Waals surface area (Å²) in [6.07, 6.45) is 0.717.